The van der Waals surface area contributed by atoms with E-state index in [0.717, 1.165) is 0 Å². The van der Waals surface area contributed by atoms with E-state index in [4.69, 9.17) is 19.7 Å². The number of carbonyl (C=O) groups is 1. The van der Waals surface area contributed by atoms with Crippen molar-refractivity contribution in [3.05, 3.63) is 24.3 Å². The van der Waals surface area contributed by atoms with Gasteiger partial charge in [0.2, 0.25) is 0 Å². The Labute approximate surface area is 112 Å². The lowest BCUT2D eigenvalue weighted by atomic mass is 10.1. The topological polar surface area (TPSA) is 88.0 Å². The van der Waals surface area contributed by atoms with Crippen molar-refractivity contribution in [2.24, 2.45) is 0 Å². The first-order chi connectivity index (χ1) is 9.04. The summed E-state index contributed by atoms with van der Waals surface area (Å²) in [6.07, 6.45) is 0. The number of hydrogen-bond acceptors (Lipinski definition) is 5. The molecule has 0 saturated heterocycles. The summed E-state index contributed by atoms with van der Waals surface area (Å²) in [4.78, 5) is 11.7. The molecular formula is C13H19NO5. The van der Waals surface area contributed by atoms with Crippen molar-refractivity contribution in [2.75, 3.05) is 26.9 Å². The second kappa shape index (κ2) is 6.96. The van der Waals surface area contributed by atoms with Crippen molar-refractivity contribution in [2.45, 2.75) is 12.5 Å². The quantitative estimate of drug-likeness (QED) is 0.645. The maximum atomic E-state index is 11.7. The fraction of sp³-hybridized carbons (Fsp3) is 0.462. The molecule has 1 rings (SSSR count). The van der Waals surface area contributed by atoms with Gasteiger partial charge in [-0.25, -0.2) is 0 Å². The first-order valence-corrected chi connectivity index (χ1v) is 5.83. The maximum absolute atomic E-state index is 11.7. The lowest BCUT2D eigenvalue weighted by Gasteiger charge is -2.26. The number of amides is 1. The van der Waals surface area contributed by atoms with Gasteiger partial charge in [0.15, 0.2) is 18.1 Å². The van der Waals surface area contributed by atoms with Gasteiger partial charge in [-0.2, -0.15) is 0 Å². The highest BCUT2D eigenvalue weighted by Gasteiger charge is 2.24. The minimum atomic E-state index is -1.05. The van der Waals surface area contributed by atoms with Crippen LogP contribution < -0.4 is 14.8 Å². The molecule has 0 unspecified atom stereocenters. The van der Waals surface area contributed by atoms with E-state index in [0.29, 0.717) is 11.5 Å². The van der Waals surface area contributed by atoms with Crippen LogP contribution >= 0.6 is 0 Å². The van der Waals surface area contributed by atoms with Crippen LogP contribution in [-0.4, -0.2) is 48.6 Å². The van der Waals surface area contributed by atoms with Crippen LogP contribution in [0.2, 0.25) is 0 Å². The normalized spacial score (nSPS) is 10.9. The number of nitrogens with one attached hydrogen (secondary N) is 1. The third-order valence-corrected chi connectivity index (χ3v) is 2.57. The van der Waals surface area contributed by atoms with Crippen molar-refractivity contribution in [1.82, 2.24) is 5.32 Å². The molecule has 6 heteroatoms. The highest BCUT2D eigenvalue weighted by Crippen LogP contribution is 2.25. The lowest BCUT2D eigenvalue weighted by Crippen LogP contribution is -2.53. The number of aliphatic hydroxyl groups is 2. The Hall–Kier alpha value is -1.79. The first-order valence-electron chi connectivity index (χ1n) is 5.83. The molecule has 0 aliphatic rings. The Morgan fingerprint density at radius 1 is 1.26 bits per heavy atom. The molecular weight excluding hydrogens is 250 g/mol. The van der Waals surface area contributed by atoms with Crippen LogP contribution in [0.1, 0.15) is 6.92 Å². The molecule has 0 spiro atoms. The van der Waals surface area contributed by atoms with Crippen LogP contribution in [0, 0.1) is 0 Å². The molecule has 0 heterocycles. The van der Waals surface area contributed by atoms with Crippen molar-refractivity contribution in [3.63, 3.8) is 0 Å². The molecule has 0 saturated carbocycles. The van der Waals surface area contributed by atoms with E-state index in [1.54, 1.807) is 24.3 Å². The Morgan fingerprint density at radius 2 is 1.84 bits per heavy atom. The largest absolute Gasteiger partial charge is 0.493 e. The van der Waals surface area contributed by atoms with Gasteiger partial charge in [-0.05, 0) is 19.1 Å². The number of carbonyl (C=O) groups excluding carboxylic acids is 1. The van der Waals surface area contributed by atoms with Crippen LogP contribution in [0.25, 0.3) is 0 Å². The van der Waals surface area contributed by atoms with E-state index < -0.39 is 11.4 Å². The van der Waals surface area contributed by atoms with Crippen molar-refractivity contribution >= 4 is 5.91 Å². The number of methoxy groups -OCH3 is 1. The zero-order valence-corrected chi connectivity index (χ0v) is 11.0. The van der Waals surface area contributed by atoms with E-state index in [2.05, 4.69) is 5.32 Å². The molecule has 106 valence electrons. The highest BCUT2D eigenvalue weighted by molar-refractivity contribution is 5.78. The molecule has 0 aromatic heterocycles. The standard InChI is InChI=1S/C13H19NO5/c1-13(8-15,9-16)14-12(17)7-19-11-6-4-3-5-10(11)18-2/h3-6,15-16H,7-9H2,1-2H3,(H,14,17). The number of aliphatic hydroxyl groups excluding tert-OH is 2. The van der Waals surface area contributed by atoms with Crippen LogP contribution in [0.15, 0.2) is 24.3 Å². The minimum absolute atomic E-state index is 0.226. The molecule has 0 radical (unpaired) electrons. The zero-order chi connectivity index (χ0) is 14.3. The number of hydrogen-bond donors (Lipinski definition) is 3. The van der Waals surface area contributed by atoms with Crippen molar-refractivity contribution < 1.29 is 24.5 Å². The third kappa shape index (κ3) is 4.42. The number of ether oxygens (including phenoxy) is 2. The van der Waals surface area contributed by atoms with Crippen LogP contribution in [0.5, 0.6) is 11.5 Å². The molecule has 1 aromatic rings. The number of rotatable bonds is 7. The molecule has 0 aliphatic carbocycles. The molecule has 1 aromatic carbocycles. The van der Waals surface area contributed by atoms with E-state index >= 15 is 0 Å². The van der Waals surface area contributed by atoms with E-state index in [1.165, 1.54) is 14.0 Å². The second-order valence-corrected chi connectivity index (χ2v) is 4.36. The molecule has 3 N–H and O–H groups in total. The van der Waals surface area contributed by atoms with Gasteiger partial charge in [0, 0.05) is 0 Å². The molecule has 19 heavy (non-hydrogen) atoms. The van der Waals surface area contributed by atoms with Crippen molar-refractivity contribution in [1.29, 1.82) is 0 Å². The first kappa shape index (κ1) is 15.3. The zero-order valence-electron chi connectivity index (χ0n) is 11.0. The molecule has 0 fully saturated rings. The van der Waals surface area contributed by atoms with Gasteiger partial charge < -0.3 is 25.0 Å². The van der Waals surface area contributed by atoms with Gasteiger partial charge in [0.25, 0.3) is 5.91 Å². The van der Waals surface area contributed by atoms with Gasteiger partial charge >= 0.3 is 0 Å². The molecule has 0 aliphatic heterocycles. The molecule has 0 bridgehead atoms. The number of benzene rings is 1. The van der Waals surface area contributed by atoms with Gasteiger partial charge in [-0.1, -0.05) is 12.1 Å². The fourth-order valence-corrected chi connectivity index (χ4v) is 1.38. The SMILES string of the molecule is COc1ccccc1OCC(=O)NC(C)(CO)CO. The van der Waals surface area contributed by atoms with Gasteiger partial charge in [-0.15, -0.1) is 0 Å². The third-order valence-electron chi connectivity index (χ3n) is 2.57. The molecule has 6 nitrogen and oxygen atoms in total. The summed E-state index contributed by atoms with van der Waals surface area (Å²) in [7, 11) is 1.51. The number of para-hydroxylation sites is 2. The van der Waals surface area contributed by atoms with E-state index in [-0.39, 0.29) is 19.8 Å². The Kier molecular flexibility index (Phi) is 5.59. The summed E-state index contributed by atoms with van der Waals surface area (Å²) in [5.74, 6) is 0.550. The van der Waals surface area contributed by atoms with E-state index in [1.807, 2.05) is 0 Å². The average Bonchev–Trinajstić information content (AvgIpc) is 2.45. The Balaban J connectivity index is 2.55. The summed E-state index contributed by atoms with van der Waals surface area (Å²) in [6.45, 7) is 0.595. The summed E-state index contributed by atoms with van der Waals surface area (Å²) in [5.41, 5.74) is -1.05. The highest BCUT2D eigenvalue weighted by atomic mass is 16.5. The van der Waals surface area contributed by atoms with Gasteiger partial charge in [0.05, 0.1) is 25.9 Å². The lowest BCUT2D eigenvalue weighted by molar-refractivity contribution is -0.126. The second-order valence-electron chi connectivity index (χ2n) is 4.36. The Morgan fingerprint density at radius 3 is 2.37 bits per heavy atom. The fourth-order valence-electron chi connectivity index (χ4n) is 1.38. The molecule has 1 amide bonds. The minimum Gasteiger partial charge on any atom is -0.493 e. The average molecular weight is 269 g/mol. The van der Waals surface area contributed by atoms with Gasteiger partial charge in [0.1, 0.15) is 0 Å². The monoisotopic (exact) mass is 269 g/mol. The predicted molar refractivity (Wildman–Crippen MR) is 69.2 cm³/mol. The summed E-state index contributed by atoms with van der Waals surface area (Å²) in [6, 6.07) is 6.96. The molecule has 0 atom stereocenters. The summed E-state index contributed by atoms with van der Waals surface area (Å²) < 4.78 is 10.4. The van der Waals surface area contributed by atoms with Crippen molar-refractivity contribution in [3.8, 4) is 11.5 Å². The van der Waals surface area contributed by atoms with Gasteiger partial charge in [-0.3, -0.25) is 4.79 Å². The Bertz CT molecular complexity index is 417. The summed E-state index contributed by atoms with van der Waals surface area (Å²) >= 11 is 0. The maximum Gasteiger partial charge on any atom is 0.258 e. The smallest absolute Gasteiger partial charge is 0.258 e. The van der Waals surface area contributed by atoms with Crippen LogP contribution in [0.4, 0.5) is 0 Å². The summed E-state index contributed by atoms with van der Waals surface area (Å²) in [5, 5.41) is 20.6. The predicted octanol–water partition coefficient (Wildman–Crippen LogP) is -0.0665. The van der Waals surface area contributed by atoms with E-state index in [9.17, 15) is 4.79 Å². The van der Waals surface area contributed by atoms with Crippen LogP contribution in [-0.2, 0) is 4.79 Å². The van der Waals surface area contributed by atoms with Crippen LogP contribution in [0.3, 0.4) is 0 Å².